The molecule has 0 aliphatic heterocycles. The number of methoxy groups -OCH3 is 1. The van der Waals surface area contributed by atoms with Crippen molar-refractivity contribution in [3.63, 3.8) is 0 Å². The van der Waals surface area contributed by atoms with Crippen LogP contribution < -0.4 is 10.1 Å². The third-order valence-electron chi connectivity index (χ3n) is 4.22. The average Bonchev–Trinajstić information content (AvgIpc) is 3.37. The minimum absolute atomic E-state index is 0.109. The van der Waals surface area contributed by atoms with Crippen molar-refractivity contribution in [2.75, 3.05) is 12.4 Å². The SMILES string of the molecule is COc1ccc([N+](=O)[O-])cc1NC(=O)C1(c2ccc(Cl)cc2)CC1. The first-order valence-corrected chi connectivity index (χ1v) is 7.74. The number of nitro benzene ring substituents is 1. The Morgan fingerprint density at radius 3 is 2.46 bits per heavy atom. The molecule has 124 valence electrons. The lowest BCUT2D eigenvalue weighted by Gasteiger charge is -2.17. The second kappa shape index (κ2) is 6.13. The number of nitrogens with one attached hydrogen (secondary N) is 1. The fourth-order valence-corrected chi connectivity index (χ4v) is 2.82. The molecule has 0 saturated heterocycles. The van der Waals surface area contributed by atoms with Gasteiger partial charge in [0.05, 0.1) is 23.1 Å². The summed E-state index contributed by atoms with van der Waals surface area (Å²) in [5.41, 5.74) is 0.452. The van der Waals surface area contributed by atoms with Gasteiger partial charge in [0.25, 0.3) is 5.69 Å². The van der Waals surface area contributed by atoms with Gasteiger partial charge in [-0.05, 0) is 36.6 Å². The summed E-state index contributed by atoms with van der Waals surface area (Å²) in [5, 5.41) is 14.3. The molecule has 0 radical (unpaired) electrons. The number of amides is 1. The first-order chi connectivity index (χ1) is 11.5. The molecule has 1 fully saturated rings. The number of non-ortho nitro benzene ring substituents is 1. The summed E-state index contributed by atoms with van der Waals surface area (Å²) in [6.07, 6.45) is 1.44. The van der Waals surface area contributed by atoms with Crippen LogP contribution in [0.2, 0.25) is 5.02 Å². The molecule has 6 nitrogen and oxygen atoms in total. The number of carbonyl (C=O) groups is 1. The summed E-state index contributed by atoms with van der Waals surface area (Å²) in [6, 6.07) is 11.3. The lowest BCUT2D eigenvalue weighted by atomic mass is 9.95. The lowest BCUT2D eigenvalue weighted by molar-refractivity contribution is -0.384. The summed E-state index contributed by atoms with van der Waals surface area (Å²) >= 11 is 5.90. The minimum Gasteiger partial charge on any atom is -0.495 e. The molecule has 0 unspecified atom stereocenters. The Bertz CT molecular complexity index is 801. The van der Waals surface area contributed by atoms with E-state index in [1.54, 1.807) is 12.1 Å². The number of ether oxygens (including phenoxy) is 1. The molecular formula is C17H15ClN2O4. The van der Waals surface area contributed by atoms with E-state index in [1.807, 2.05) is 12.1 Å². The van der Waals surface area contributed by atoms with Gasteiger partial charge in [0, 0.05) is 17.2 Å². The summed E-state index contributed by atoms with van der Waals surface area (Å²) < 4.78 is 5.18. The van der Waals surface area contributed by atoms with E-state index in [0.717, 1.165) is 18.4 Å². The maximum absolute atomic E-state index is 12.8. The second-order valence-corrected chi connectivity index (χ2v) is 6.12. The Kier molecular flexibility index (Phi) is 4.15. The van der Waals surface area contributed by atoms with E-state index in [2.05, 4.69) is 5.32 Å². The molecule has 0 spiro atoms. The Labute approximate surface area is 143 Å². The van der Waals surface area contributed by atoms with Crippen LogP contribution in [-0.4, -0.2) is 17.9 Å². The zero-order valence-corrected chi connectivity index (χ0v) is 13.7. The first kappa shape index (κ1) is 16.3. The van der Waals surface area contributed by atoms with Crippen LogP contribution in [0.25, 0.3) is 0 Å². The molecule has 0 atom stereocenters. The third kappa shape index (κ3) is 2.92. The van der Waals surface area contributed by atoms with Crippen molar-refractivity contribution in [2.45, 2.75) is 18.3 Å². The summed E-state index contributed by atoms with van der Waals surface area (Å²) in [7, 11) is 1.45. The fraction of sp³-hybridized carbons (Fsp3) is 0.235. The van der Waals surface area contributed by atoms with Gasteiger partial charge in [-0.3, -0.25) is 14.9 Å². The number of benzene rings is 2. The highest BCUT2D eigenvalue weighted by molar-refractivity contribution is 6.30. The van der Waals surface area contributed by atoms with Crippen LogP contribution in [-0.2, 0) is 10.2 Å². The van der Waals surface area contributed by atoms with Crippen LogP contribution in [0.3, 0.4) is 0 Å². The van der Waals surface area contributed by atoms with E-state index in [4.69, 9.17) is 16.3 Å². The second-order valence-electron chi connectivity index (χ2n) is 5.68. The van der Waals surface area contributed by atoms with Crippen LogP contribution in [0.4, 0.5) is 11.4 Å². The molecule has 2 aromatic rings. The van der Waals surface area contributed by atoms with Crippen molar-refractivity contribution in [2.24, 2.45) is 0 Å². The van der Waals surface area contributed by atoms with E-state index in [-0.39, 0.29) is 17.3 Å². The Morgan fingerprint density at radius 1 is 1.25 bits per heavy atom. The van der Waals surface area contributed by atoms with Crippen LogP contribution in [0.5, 0.6) is 5.75 Å². The number of carbonyl (C=O) groups excluding carboxylic acids is 1. The lowest BCUT2D eigenvalue weighted by Crippen LogP contribution is -2.28. The average molecular weight is 347 g/mol. The normalized spacial score (nSPS) is 14.8. The van der Waals surface area contributed by atoms with Gasteiger partial charge in [-0.1, -0.05) is 23.7 Å². The third-order valence-corrected chi connectivity index (χ3v) is 4.48. The molecule has 24 heavy (non-hydrogen) atoms. The van der Waals surface area contributed by atoms with Crippen LogP contribution in [0.1, 0.15) is 18.4 Å². The van der Waals surface area contributed by atoms with Gasteiger partial charge in [-0.25, -0.2) is 0 Å². The van der Waals surface area contributed by atoms with Crippen molar-refractivity contribution in [1.82, 2.24) is 0 Å². The van der Waals surface area contributed by atoms with E-state index in [0.29, 0.717) is 10.8 Å². The molecule has 1 aliphatic carbocycles. The van der Waals surface area contributed by atoms with Gasteiger partial charge < -0.3 is 10.1 Å². The van der Waals surface area contributed by atoms with Crippen molar-refractivity contribution in [1.29, 1.82) is 0 Å². The fourth-order valence-electron chi connectivity index (χ4n) is 2.69. The largest absolute Gasteiger partial charge is 0.495 e. The standard InChI is InChI=1S/C17H15ClN2O4/c1-24-15-7-6-13(20(22)23)10-14(15)19-16(21)17(8-9-17)11-2-4-12(18)5-3-11/h2-7,10H,8-9H2,1H3,(H,19,21). The number of rotatable bonds is 5. The Morgan fingerprint density at radius 2 is 1.92 bits per heavy atom. The number of nitrogens with zero attached hydrogens (tertiary/aromatic N) is 1. The molecule has 0 aromatic heterocycles. The zero-order valence-electron chi connectivity index (χ0n) is 12.9. The number of halogens is 1. The van der Waals surface area contributed by atoms with E-state index < -0.39 is 10.3 Å². The molecule has 0 bridgehead atoms. The highest BCUT2D eigenvalue weighted by Crippen LogP contribution is 2.49. The molecular weight excluding hydrogens is 332 g/mol. The number of nitro groups is 1. The Balaban J connectivity index is 1.88. The summed E-state index contributed by atoms with van der Waals surface area (Å²) in [5.74, 6) is 0.171. The van der Waals surface area contributed by atoms with E-state index in [1.165, 1.54) is 25.3 Å². The van der Waals surface area contributed by atoms with Crippen molar-refractivity contribution in [3.05, 3.63) is 63.2 Å². The minimum atomic E-state index is -0.611. The van der Waals surface area contributed by atoms with Gasteiger partial charge in [-0.2, -0.15) is 0 Å². The predicted molar refractivity (Wildman–Crippen MR) is 90.6 cm³/mol. The van der Waals surface area contributed by atoms with Crippen LogP contribution in [0.15, 0.2) is 42.5 Å². The number of hydrogen-bond acceptors (Lipinski definition) is 4. The van der Waals surface area contributed by atoms with E-state index >= 15 is 0 Å². The van der Waals surface area contributed by atoms with E-state index in [9.17, 15) is 14.9 Å². The van der Waals surface area contributed by atoms with Gasteiger partial charge in [0.15, 0.2) is 0 Å². The number of anilines is 1. The Hall–Kier alpha value is -2.60. The molecule has 1 N–H and O–H groups in total. The first-order valence-electron chi connectivity index (χ1n) is 7.36. The zero-order chi connectivity index (χ0) is 17.3. The van der Waals surface area contributed by atoms with Crippen LogP contribution >= 0.6 is 11.6 Å². The van der Waals surface area contributed by atoms with Gasteiger partial charge >= 0.3 is 0 Å². The molecule has 2 aromatic carbocycles. The van der Waals surface area contributed by atoms with Gasteiger partial charge in [0.2, 0.25) is 5.91 Å². The molecule has 1 saturated carbocycles. The molecule has 7 heteroatoms. The summed E-state index contributed by atoms with van der Waals surface area (Å²) in [4.78, 5) is 23.2. The van der Waals surface area contributed by atoms with Gasteiger partial charge in [-0.15, -0.1) is 0 Å². The van der Waals surface area contributed by atoms with Crippen LogP contribution in [0, 0.1) is 10.1 Å². The monoisotopic (exact) mass is 346 g/mol. The highest BCUT2D eigenvalue weighted by Gasteiger charge is 2.51. The molecule has 0 heterocycles. The predicted octanol–water partition coefficient (Wildman–Crippen LogP) is 3.93. The maximum Gasteiger partial charge on any atom is 0.271 e. The summed E-state index contributed by atoms with van der Waals surface area (Å²) in [6.45, 7) is 0. The van der Waals surface area contributed by atoms with Gasteiger partial charge in [0.1, 0.15) is 5.75 Å². The molecule has 1 aliphatic rings. The topological polar surface area (TPSA) is 81.5 Å². The van der Waals surface area contributed by atoms with Crippen molar-refractivity contribution in [3.8, 4) is 5.75 Å². The molecule has 3 rings (SSSR count). The highest BCUT2D eigenvalue weighted by atomic mass is 35.5. The maximum atomic E-state index is 12.8. The smallest absolute Gasteiger partial charge is 0.271 e. The number of hydrogen-bond donors (Lipinski definition) is 1. The van der Waals surface area contributed by atoms with Crippen molar-refractivity contribution < 1.29 is 14.5 Å². The molecule has 1 amide bonds. The van der Waals surface area contributed by atoms with Crippen molar-refractivity contribution >= 4 is 28.9 Å². The quantitative estimate of drug-likeness (QED) is 0.657.